The average Bonchev–Trinajstić information content (AvgIpc) is 3.53. The van der Waals surface area contributed by atoms with Crippen molar-refractivity contribution in [3.05, 3.63) is 63.1 Å². The van der Waals surface area contributed by atoms with Crippen molar-refractivity contribution in [3.8, 4) is 11.4 Å². The van der Waals surface area contributed by atoms with Gasteiger partial charge in [-0.1, -0.05) is 54.9 Å². The molecule has 0 unspecified atom stereocenters. The number of thiophene rings is 1. The minimum Gasteiger partial charge on any atom is -0.380 e. The quantitative estimate of drug-likeness (QED) is 0.272. The lowest BCUT2D eigenvalue weighted by atomic mass is 9.96. The van der Waals surface area contributed by atoms with E-state index in [2.05, 4.69) is 15.4 Å². The van der Waals surface area contributed by atoms with Gasteiger partial charge in [-0.2, -0.15) is 5.10 Å². The summed E-state index contributed by atoms with van der Waals surface area (Å²) in [5.41, 5.74) is 2.48. The monoisotopic (exact) mass is 492 g/mol. The highest BCUT2D eigenvalue weighted by Crippen LogP contribution is 2.33. The van der Waals surface area contributed by atoms with Crippen molar-refractivity contribution >= 4 is 39.1 Å². The van der Waals surface area contributed by atoms with E-state index in [0.717, 1.165) is 48.1 Å². The maximum atomic E-state index is 12.9. The molecule has 0 saturated heterocycles. The highest BCUT2D eigenvalue weighted by atomic mass is 32.1. The molecule has 11 heteroatoms. The van der Waals surface area contributed by atoms with Gasteiger partial charge in [-0.05, 0) is 24.5 Å². The number of rotatable bonds is 7. The fourth-order valence-corrected chi connectivity index (χ4v) is 5.09. The Balaban J connectivity index is 1.56. The molecular formula is C24H24N6O4S. The summed E-state index contributed by atoms with van der Waals surface area (Å²) >= 11 is 0.821. The fourth-order valence-electron chi connectivity index (χ4n) is 4.38. The standard InChI is InChI=1S/C24H24N6O4S/c1-34-14-15-7-9-16(10-8-15)21-26-22(28-24(31)19-11-12-20(35-19)30(32)33)18-13-25-29(23(18)27-21)17-5-3-2-4-6-17/h7-13,17H,2-6,14H2,1H3,(H,26,27,28,31). The Bertz CT molecular complexity index is 1370. The van der Waals surface area contributed by atoms with Crippen molar-refractivity contribution in [1.82, 2.24) is 19.7 Å². The van der Waals surface area contributed by atoms with Crippen LogP contribution in [0, 0.1) is 10.1 Å². The van der Waals surface area contributed by atoms with E-state index >= 15 is 0 Å². The number of hydrogen-bond acceptors (Lipinski definition) is 8. The van der Waals surface area contributed by atoms with Crippen LogP contribution in [0.3, 0.4) is 0 Å². The number of nitro groups is 1. The average molecular weight is 493 g/mol. The molecule has 1 aliphatic carbocycles. The number of nitrogens with zero attached hydrogens (tertiary/aromatic N) is 5. The van der Waals surface area contributed by atoms with E-state index in [1.807, 2.05) is 28.9 Å². The van der Waals surface area contributed by atoms with Crippen molar-refractivity contribution in [1.29, 1.82) is 0 Å². The molecule has 0 bridgehead atoms. The van der Waals surface area contributed by atoms with Gasteiger partial charge in [0, 0.05) is 18.7 Å². The van der Waals surface area contributed by atoms with E-state index in [4.69, 9.17) is 9.72 Å². The number of benzene rings is 1. The first kappa shape index (κ1) is 23.1. The van der Waals surface area contributed by atoms with E-state index in [1.165, 1.54) is 18.6 Å². The Labute approximate surface area is 205 Å². The molecule has 1 aromatic carbocycles. The molecule has 0 radical (unpaired) electrons. The first-order chi connectivity index (χ1) is 17.0. The summed E-state index contributed by atoms with van der Waals surface area (Å²) < 4.78 is 7.14. The molecule has 3 heterocycles. The molecule has 35 heavy (non-hydrogen) atoms. The number of methoxy groups -OCH3 is 1. The third-order valence-corrected chi connectivity index (χ3v) is 7.16. The number of fused-ring (bicyclic) bond motifs is 1. The Morgan fingerprint density at radius 1 is 1.17 bits per heavy atom. The van der Waals surface area contributed by atoms with Crippen LogP contribution in [0.5, 0.6) is 0 Å². The number of amides is 1. The molecule has 4 aromatic rings. The second kappa shape index (κ2) is 9.88. The van der Waals surface area contributed by atoms with E-state index < -0.39 is 10.8 Å². The summed E-state index contributed by atoms with van der Waals surface area (Å²) in [5.74, 6) is 0.329. The minimum absolute atomic E-state index is 0.0926. The van der Waals surface area contributed by atoms with E-state index in [9.17, 15) is 14.9 Å². The van der Waals surface area contributed by atoms with Gasteiger partial charge >= 0.3 is 5.00 Å². The van der Waals surface area contributed by atoms with Crippen LogP contribution in [0.1, 0.15) is 53.4 Å². The zero-order valence-electron chi connectivity index (χ0n) is 19.1. The number of carbonyl (C=O) groups excluding carboxylic acids is 1. The van der Waals surface area contributed by atoms with Gasteiger partial charge in [-0.3, -0.25) is 14.9 Å². The lowest BCUT2D eigenvalue weighted by Crippen LogP contribution is -2.15. The molecule has 1 N–H and O–H groups in total. The number of aromatic nitrogens is 4. The molecular weight excluding hydrogens is 468 g/mol. The van der Waals surface area contributed by atoms with Crippen LogP contribution in [-0.2, 0) is 11.3 Å². The van der Waals surface area contributed by atoms with Crippen molar-refractivity contribution in [2.75, 3.05) is 12.4 Å². The summed E-state index contributed by atoms with van der Waals surface area (Å²) in [4.78, 5) is 33.2. The molecule has 1 fully saturated rings. The van der Waals surface area contributed by atoms with Gasteiger partial charge in [0.25, 0.3) is 5.91 Å². The van der Waals surface area contributed by atoms with Crippen LogP contribution in [0.25, 0.3) is 22.4 Å². The molecule has 3 aromatic heterocycles. The number of hydrogen-bond donors (Lipinski definition) is 1. The van der Waals surface area contributed by atoms with Crippen LogP contribution in [0.4, 0.5) is 10.8 Å². The lowest BCUT2D eigenvalue weighted by molar-refractivity contribution is -0.380. The number of anilines is 1. The third kappa shape index (κ3) is 4.77. The molecule has 180 valence electrons. The highest BCUT2D eigenvalue weighted by Gasteiger charge is 2.23. The van der Waals surface area contributed by atoms with Crippen molar-refractivity contribution in [2.24, 2.45) is 0 Å². The normalized spacial score (nSPS) is 14.3. The van der Waals surface area contributed by atoms with Gasteiger partial charge in [0.05, 0.1) is 34.0 Å². The third-order valence-electron chi connectivity index (χ3n) is 6.12. The van der Waals surface area contributed by atoms with Gasteiger partial charge in [0.1, 0.15) is 5.82 Å². The summed E-state index contributed by atoms with van der Waals surface area (Å²) in [6.07, 6.45) is 7.25. The SMILES string of the molecule is COCc1ccc(-c2nc(NC(=O)c3ccc([N+](=O)[O-])s3)c3cnn(C4CCCCC4)c3n2)cc1. The van der Waals surface area contributed by atoms with Crippen LogP contribution >= 0.6 is 11.3 Å². The summed E-state index contributed by atoms with van der Waals surface area (Å²) in [6, 6.07) is 10.8. The largest absolute Gasteiger partial charge is 0.380 e. The summed E-state index contributed by atoms with van der Waals surface area (Å²) in [7, 11) is 1.65. The van der Waals surface area contributed by atoms with Crippen molar-refractivity contribution < 1.29 is 14.5 Å². The molecule has 1 aliphatic rings. The van der Waals surface area contributed by atoms with Gasteiger partial charge in [-0.25, -0.2) is 14.6 Å². The Kier molecular flexibility index (Phi) is 6.51. The first-order valence-corrected chi connectivity index (χ1v) is 12.2. The van der Waals surface area contributed by atoms with Crippen molar-refractivity contribution in [3.63, 3.8) is 0 Å². The number of nitrogens with one attached hydrogen (secondary N) is 1. The zero-order valence-corrected chi connectivity index (χ0v) is 20.0. The molecule has 5 rings (SSSR count). The Morgan fingerprint density at radius 3 is 2.63 bits per heavy atom. The van der Waals surface area contributed by atoms with Crippen LogP contribution in [0.15, 0.2) is 42.6 Å². The van der Waals surface area contributed by atoms with Gasteiger partial charge in [0.15, 0.2) is 11.5 Å². The van der Waals surface area contributed by atoms with E-state index in [-0.39, 0.29) is 15.9 Å². The van der Waals surface area contributed by atoms with E-state index in [0.29, 0.717) is 29.3 Å². The minimum atomic E-state index is -0.510. The molecule has 0 spiro atoms. The number of carbonyl (C=O) groups is 1. The van der Waals surface area contributed by atoms with Crippen LogP contribution in [-0.4, -0.2) is 37.7 Å². The zero-order chi connectivity index (χ0) is 24.4. The molecule has 0 aliphatic heterocycles. The molecule has 10 nitrogen and oxygen atoms in total. The Hall–Kier alpha value is -3.70. The van der Waals surface area contributed by atoms with Gasteiger partial charge < -0.3 is 10.1 Å². The van der Waals surface area contributed by atoms with Crippen LogP contribution in [0.2, 0.25) is 0 Å². The maximum absolute atomic E-state index is 12.9. The predicted molar refractivity (Wildman–Crippen MR) is 133 cm³/mol. The smallest absolute Gasteiger partial charge is 0.324 e. The maximum Gasteiger partial charge on any atom is 0.324 e. The fraction of sp³-hybridized carbons (Fsp3) is 0.333. The van der Waals surface area contributed by atoms with E-state index in [1.54, 1.807) is 13.3 Å². The first-order valence-electron chi connectivity index (χ1n) is 11.4. The van der Waals surface area contributed by atoms with Crippen molar-refractivity contribution in [2.45, 2.75) is 44.8 Å². The topological polar surface area (TPSA) is 125 Å². The highest BCUT2D eigenvalue weighted by molar-refractivity contribution is 7.17. The van der Waals surface area contributed by atoms with Crippen LogP contribution < -0.4 is 5.32 Å². The summed E-state index contributed by atoms with van der Waals surface area (Å²) in [5, 5.41) is 19.0. The van der Waals surface area contributed by atoms with Gasteiger partial charge in [-0.15, -0.1) is 0 Å². The summed E-state index contributed by atoms with van der Waals surface area (Å²) in [6.45, 7) is 0.503. The molecule has 0 atom stereocenters. The molecule has 1 saturated carbocycles. The second-order valence-electron chi connectivity index (χ2n) is 8.49. The Morgan fingerprint density at radius 2 is 1.94 bits per heavy atom. The number of ether oxygens (including phenoxy) is 1. The molecule has 1 amide bonds. The second-order valence-corrected chi connectivity index (χ2v) is 9.56. The van der Waals surface area contributed by atoms with Gasteiger partial charge in [0.2, 0.25) is 0 Å². The lowest BCUT2D eigenvalue weighted by Gasteiger charge is -2.22. The predicted octanol–water partition coefficient (Wildman–Crippen LogP) is 5.37.